The summed E-state index contributed by atoms with van der Waals surface area (Å²) in [6.45, 7) is 1.13. The molecule has 4 atom stereocenters. The minimum Gasteiger partial charge on any atom is -0.370 e. The van der Waals surface area contributed by atoms with Crippen molar-refractivity contribution >= 4 is 0 Å². The molecule has 0 amide bonds. The number of aliphatic hydroxyl groups is 1. The molecule has 4 aromatic rings. The molecule has 1 unspecified atom stereocenters. The fourth-order valence-corrected chi connectivity index (χ4v) is 4.26. The van der Waals surface area contributed by atoms with Crippen LogP contribution < -0.4 is 0 Å². The van der Waals surface area contributed by atoms with Crippen molar-refractivity contribution in [2.45, 2.75) is 44.4 Å². The van der Waals surface area contributed by atoms with Gasteiger partial charge in [-0.1, -0.05) is 91.0 Å². The summed E-state index contributed by atoms with van der Waals surface area (Å²) < 4.78 is 20.8. The lowest BCUT2D eigenvalue weighted by Crippen LogP contribution is -2.48. The number of ether oxygens (including phenoxy) is 3. The van der Waals surface area contributed by atoms with Crippen molar-refractivity contribution in [3.05, 3.63) is 126 Å². The molecule has 34 heavy (non-hydrogen) atoms. The molecule has 0 fully saturated rings. The van der Waals surface area contributed by atoms with Crippen LogP contribution in [0.5, 0.6) is 0 Å². The van der Waals surface area contributed by atoms with Crippen molar-refractivity contribution in [3.8, 4) is 0 Å². The van der Waals surface area contributed by atoms with Gasteiger partial charge in [-0.25, -0.2) is 4.98 Å². The first-order chi connectivity index (χ1) is 16.8. The van der Waals surface area contributed by atoms with Crippen molar-refractivity contribution in [1.82, 2.24) is 9.55 Å². The predicted octanol–water partition coefficient (Wildman–Crippen LogP) is 4.82. The Labute approximate surface area is 199 Å². The highest BCUT2D eigenvalue weighted by Crippen LogP contribution is 2.38. The average molecular weight is 457 g/mol. The van der Waals surface area contributed by atoms with Gasteiger partial charge in [0.1, 0.15) is 18.3 Å². The maximum absolute atomic E-state index is 11.2. The maximum Gasteiger partial charge on any atom is 0.160 e. The molecule has 0 saturated carbocycles. The molecular formula is C28H28N2O4. The van der Waals surface area contributed by atoms with Gasteiger partial charge in [-0.3, -0.25) is 0 Å². The molecule has 1 aromatic heterocycles. The van der Waals surface area contributed by atoms with Crippen molar-refractivity contribution in [1.29, 1.82) is 0 Å². The topological polar surface area (TPSA) is 65.7 Å². The summed E-state index contributed by atoms with van der Waals surface area (Å²) in [5.74, 6) is 0. The summed E-state index contributed by atoms with van der Waals surface area (Å²) in [6.07, 6.45) is 0.753. The minimum atomic E-state index is -0.946. The Hall–Kier alpha value is -3.29. The summed E-state index contributed by atoms with van der Waals surface area (Å²) in [6, 6.07) is 29.9. The van der Waals surface area contributed by atoms with E-state index in [0.29, 0.717) is 19.8 Å². The van der Waals surface area contributed by atoms with Crippen molar-refractivity contribution in [3.63, 3.8) is 0 Å². The van der Waals surface area contributed by atoms with Gasteiger partial charge in [-0.05, 0) is 16.7 Å². The minimum absolute atomic E-state index is 0.350. The number of benzene rings is 3. The molecule has 3 aromatic carbocycles. The Bertz CT molecular complexity index is 1150. The Morgan fingerprint density at radius 1 is 0.647 bits per heavy atom. The van der Waals surface area contributed by atoms with Gasteiger partial charge in [-0.2, -0.15) is 0 Å². The zero-order chi connectivity index (χ0) is 23.2. The van der Waals surface area contributed by atoms with E-state index in [1.807, 2.05) is 91.0 Å². The van der Waals surface area contributed by atoms with Crippen molar-refractivity contribution in [2.24, 2.45) is 0 Å². The Morgan fingerprint density at radius 3 is 1.65 bits per heavy atom. The number of aliphatic hydroxyl groups excluding tert-OH is 1. The first kappa shape index (κ1) is 22.5. The van der Waals surface area contributed by atoms with Crippen LogP contribution in [0.1, 0.15) is 34.7 Å². The average Bonchev–Trinajstić information content (AvgIpc) is 3.39. The smallest absolute Gasteiger partial charge is 0.160 e. The molecule has 0 saturated heterocycles. The second-order valence-electron chi connectivity index (χ2n) is 8.38. The van der Waals surface area contributed by atoms with E-state index < -0.39 is 24.5 Å². The van der Waals surface area contributed by atoms with Crippen LogP contribution in [0.3, 0.4) is 0 Å². The highest BCUT2D eigenvalue weighted by molar-refractivity contribution is 5.18. The molecule has 0 spiro atoms. The van der Waals surface area contributed by atoms with Gasteiger partial charge in [0, 0.05) is 0 Å². The summed E-state index contributed by atoms with van der Waals surface area (Å²) in [7, 11) is 0. The molecule has 6 heteroatoms. The number of nitrogens with zero attached hydrogens (tertiary/aromatic N) is 2. The quantitative estimate of drug-likeness (QED) is 0.391. The fourth-order valence-electron chi connectivity index (χ4n) is 4.26. The lowest BCUT2D eigenvalue weighted by atomic mass is 9.98. The van der Waals surface area contributed by atoms with E-state index in [1.165, 1.54) is 0 Å². The number of fused-ring (bicyclic) bond motifs is 1. The number of imidazole rings is 1. The zero-order valence-corrected chi connectivity index (χ0v) is 18.8. The summed E-state index contributed by atoms with van der Waals surface area (Å²) in [5, 5.41) is 11.2. The normalized spacial score (nSPS) is 21.8. The molecule has 174 valence electrons. The van der Waals surface area contributed by atoms with E-state index in [-0.39, 0.29) is 0 Å². The van der Waals surface area contributed by atoms with Crippen LogP contribution in [-0.2, 0) is 34.0 Å². The third kappa shape index (κ3) is 5.11. The van der Waals surface area contributed by atoms with Crippen LogP contribution in [0.2, 0.25) is 0 Å². The van der Waals surface area contributed by atoms with E-state index in [0.717, 1.165) is 22.4 Å². The monoisotopic (exact) mass is 456 g/mol. The van der Waals surface area contributed by atoms with Crippen LogP contribution in [0.4, 0.5) is 0 Å². The van der Waals surface area contributed by atoms with Crippen LogP contribution >= 0.6 is 0 Å². The molecule has 0 aliphatic carbocycles. The molecule has 2 heterocycles. The number of rotatable bonds is 9. The van der Waals surface area contributed by atoms with Gasteiger partial charge in [0.25, 0.3) is 0 Å². The zero-order valence-electron chi connectivity index (χ0n) is 18.8. The number of hydrogen-bond acceptors (Lipinski definition) is 5. The second-order valence-corrected chi connectivity index (χ2v) is 8.38. The Balaban J connectivity index is 1.42. The molecular weight excluding hydrogens is 428 g/mol. The van der Waals surface area contributed by atoms with Gasteiger partial charge >= 0.3 is 0 Å². The molecule has 5 rings (SSSR count). The third-order valence-electron chi connectivity index (χ3n) is 6.03. The van der Waals surface area contributed by atoms with Gasteiger partial charge in [0.15, 0.2) is 6.23 Å². The van der Waals surface area contributed by atoms with Crippen LogP contribution in [0.15, 0.2) is 104 Å². The van der Waals surface area contributed by atoms with Gasteiger partial charge in [-0.15, -0.1) is 0 Å². The predicted molar refractivity (Wildman–Crippen MR) is 127 cm³/mol. The lowest BCUT2D eigenvalue weighted by molar-refractivity contribution is -0.212. The van der Waals surface area contributed by atoms with Crippen LogP contribution in [-0.4, -0.2) is 26.9 Å². The molecule has 0 bridgehead atoms. The lowest BCUT2D eigenvalue weighted by Gasteiger charge is -2.41. The number of aromatic nitrogens is 2. The van der Waals surface area contributed by atoms with Crippen LogP contribution in [0.25, 0.3) is 0 Å². The second kappa shape index (κ2) is 10.8. The standard InChI is InChI=1S/C28H28N2O4/c31-28-27(34-19-23-14-8-3-9-15-23)26(33-18-22-12-6-2-7-13-22)25(24-16-29-20-30(24)28)32-17-21-10-4-1-5-11-21/h1-16,20,25-28,31H,17-19H2/t25-,26-,27+,28?/m0/s1. The molecule has 1 aliphatic heterocycles. The summed E-state index contributed by atoms with van der Waals surface area (Å²) in [4.78, 5) is 4.28. The maximum atomic E-state index is 11.2. The van der Waals surface area contributed by atoms with E-state index in [2.05, 4.69) is 4.98 Å². The Kier molecular flexibility index (Phi) is 7.12. The highest BCUT2D eigenvalue weighted by atomic mass is 16.6. The van der Waals surface area contributed by atoms with Crippen molar-refractivity contribution < 1.29 is 19.3 Å². The van der Waals surface area contributed by atoms with Crippen LogP contribution in [0, 0.1) is 0 Å². The Morgan fingerprint density at radius 2 is 1.12 bits per heavy atom. The summed E-state index contributed by atoms with van der Waals surface area (Å²) in [5.41, 5.74) is 3.89. The largest absolute Gasteiger partial charge is 0.370 e. The molecule has 1 N–H and O–H groups in total. The van der Waals surface area contributed by atoms with E-state index in [4.69, 9.17) is 14.2 Å². The molecule has 0 radical (unpaired) electrons. The van der Waals surface area contributed by atoms with Gasteiger partial charge in [0.2, 0.25) is 0 Å². The molecule has 6 nitrogen and oxygen atoms in total. The highest BCUT2D eigenvalue weighted by Gasteiger charge is 2.45. The third-order valence-corrected chi connectivity index (χ3v) is 6.03. The van der Waals surface area contributed by atoms with E-state index in [1.54, 1.807) is 17.1 Å². The first-order valence-electron chi connectivity index (χ1n) is 11.5. The number of hydrogen-bond donors (Lipinski definition) is 1. The molecule has 1 aliphatic rings. The van der Waals surface area contributed by atoms with Gasteiger partial charge in [0.05, 0.1) is 38.0 Å². The van der Waals surface area contributed by atoms with Gasteiger partial charge < -0.3 is 23.9 Å². The fraction of sp³-hybridized carbons (Fsp3) is 0.250. The van der Waals surface area contributed by atoms with E-state index >= 15 is 0 Å². The summed E-state index contributed by atoms with van der Waals surface area (Å²) >= 11 is 0. The SMILES string of the molecule is OC1[C@H](OCc2ccccc2)[C@@H](OCc2ccccc2)[C@@H](OCc2ccccc2)c2cncn21. The first-order valence-corrected chi connectivity index (χ1v) is 11.5. The van der Waals surface area contributed by atoms with Crippen molar-refractivity contribution in [2.75, 3.05) is 0 Å². The van der Waals surface area contributed by atoms with E-state index in [9.17, 15) is 5.11 Å².